The van der Waals surface area contributed by atoms with Crippen LogP contribution in [0, 0.1) is 5.92 Å². The fourth-order valence-electron chi connectivity index (χ4n) is 0.971. The van der Waals surface area contributed by atoms with Gasteiger partial charge in [0.15, 0.2) is 5.15 Å². The predicted octanol–water partition coefficient (Wildman–Crippen LogP) is 2.39. The zero-order valence-corrected chi connectivity index (χ0v) is 9.65. The van der Waals surface area contributed by atoms with E-state index in [4.69, 9.17) is 16.3 Å². The molecule has 5 heteroatoms. The van der Waals surface area contributed by atoms with E-state index in [1.165, 1.54) is 12.4 Å². The summed E-state index contributed by atoms with van der Waals surface area (Å²) >= 11 is 5.82. The number of esters is 1. The number of rotatable bonds is 3. The standard InChI is InChI=1S/C10H13ClN2O2/c1-6(2)10(14)15-7(3)8-9(11)13-5-4-12-8/h4-7H,1-3H3. The summed E-state index contributed by atoms with van der Waals surface area (Å²) in [6.07, 6.45) is 2.53. The average molecular weight is 229 g/mol. The molecule has 0 bridgehead atoms. The molecule has 4 nitrogen and oxygen atoms in total. The first kappa shape index (κ1) is 11.9. The van der Waals surface area contributed by atoms with Gasteiger partial charge in [-0.3, -0.25) is 9.78 Å². The minimum Gasteiger partial charge on any atom is -0.456 e. The summed E-state index contributed by atoms with van der Waals surface area (Å²) in [5, 5.41) is 0.265. The van der Waals surface area contributed by atoms with Gasteiger partial charge in [-0.25, -0.2) is 4.98 Å². The third-order valence-electron chi connectivity index (χ3n) is 1.83. The first-order valence-corrected chi connectivity index (χ1v) is 5.07. The van der Waals surface area contributed by atoms with Crippen LogP contribution >= 0.6 is 11.6 Å². The van der Waals surface area contributed by atoms with Gasteiger partial charge in [0, 0.05) is 12.4 Å². The van der Waals surface area contributed by atoms with Crippen LogP contribution in [0.25, 0.3) is 0 Å². The van der Waals surface area contributed by atoms with E-state index in [0.29, 0.717) is 5.69 Å². The molecule has 1 rings (SSSR count). The first-order valence-electron chi connectivity index (χ1n) is 4.69. The molecule has 0 aliphatic carbocycles. The monoisotopic (exact) mass is 228 g/mol. The highest BCUT2D eigenvalue weighted by Gasteiger charge is 2.18. The van der Waals surface area contributed by atoms with Crippen molar-refractivity contribution in [1.82, 2.24) is 9.97 Å². The van der Waals surface area contributed by atoms with Gasteiger partial charge in [-0.15, -0.1) is 0 Å². The summed E-state index contributed by atoms with van der Waals surface area (Å²) in [4.78, 5) is 19.2. The maximum atomic E-state index is 11.3. The molecule has 82 valence electrons. The zero-order chi connectivity index (χ0) is 11.4. The van der Waals surface area contributed by atoms with E-state index < -0.39 is 6.10 Å². The molecule has 1 unspecified atom stereocenters. The number of ether oxygens (including phenoxy) is 1. The summed E-state index contributed by atoms with van der Waals surface area (Å²) in [7, 11) is 0. The van der Waals surface area contributed by atoms with Crippen molar-refractivity contribution >= 4 is 17.6 Å². The Labute approximate surface area is 93.6 Å². The molecule has 0 fully saturated rings. The van der Waals surface area contributed by atoms with Gasteiger partial charge in [-0.2, -0.15) is 0 Å². The van der Waals surface area contributed by atoms with Crippen molar-refractivity contribution in [2.45, 2.75) is 26.9 Å². The highest BCUT2D eigenvalue weighted by molar-refractivity contribution is 6.30. The second kappa shape index (κ2) is 5.07. The fraction of sp³-hybridized carbons (Fsp3) is 0.500. The number of nitrogens with zero attached hydrogens (tertiary/aromatic N) is 2. The summed E-state index contributed by atoms with van der Waals surface area (Å²) in [5.74, 6) is -0.438. The van der Waals surface area contributed by atoms with Crippen molar-refractivity contribution in [2.24, 2.45) is 5.92 Å². The number of aromatic nitrogens is 2. The van der Waals surface area contributed by atoms with Crippen molar-refractivity contribution in [3.05, 3.63) is 23.2 Å². The molecular formula is C10H13ClN2O2. The smallest absolute Gasteiger partial charge is 0.309 e. The van der Waals surface area contributed by atoms with E-state index in [2.05, 4.69) is 9.97 Å². The van der Waals surface area contributed by atoms with Crippen molar-refractivity contribution in [3.63, 3.8) is 0 Å². The molecule has 0 aliphatic heterocycles. The van der Waals surface area contributed by atoms with E-state index in [9.17, 15) is 4.79 Å². The number of carbonyl (C=O) groups excluding carboxylic acids is 1. The minimum absolute atomic E-state index is 0.164. The number of hydrogen-bond donors (Lipinski definition) is 0. The normalized spacial score (nSPS) is 12.6. The Hall–Kier alpha value is -1.16. The van der Waals surface area contributed by atoms with Gasteiger partial charge in [0.25, 0.3) is 0 Å². The summed E-state index contributed by atoms with van der Waals surface area (Å²) in [6.45, 7) is 5.26. The van der Waals surface area contributed by atoms with Crippen molar-refractivity contribution < 1.29 is 9.53 Å². The molecule has 1 aromatic rings. The quantitative estimate of drug-likeness (QED) is 0.746. The molecule has 1 heterocycles. The van der Waals surface area contributed by atoms with Crippen LogP contribution in [0.1, 0.15) is 32.6 Å². The topological polar surface area (TPSA) is 52.1 Å². The van der Waals surface area contributed by atoms with Crippen molar-refractivity contribution in [2.75, 3.05) is 0 Å². The molecule has 15 heavy (non-hydrogen) atoms. The molecular weight excluding hydrogens is 216 g/mol. The Morgan fingerprint density at radius 2 is 1.93 bits per heavy atom. The van der Waals surface area contributed by atoms with Gasteiger partial charge in [-0.1, -0.05) is 25.4 Å². The van der Waals surface area contributed by atoms with Gasteiger partial charge in [0.2, 0.25) is 0 Å². The van der Waals surface area contributed by atoms with Crippen LogP contribution in [-0.4, -0.2) is 15.9 Å². The molecule has 0 aliphatic rings. The third kappa shape index (κ3) is 3.16. The zero-order valence-electron chi connectivity index (χ0n) is 8.90. The van der Waals surface area contributed by atoms with Crippen LogP contribution in [0.5, 0.6) is 0 Å². The van der Waals surface area contributed by atoms with Crippen LogP contribution in [0.2, 0.25) is 5.15 Å². The lowest BCUT2D eigenvalue weighted by atomic mass is 10.2. The molecule has 0 amide bonds. The Bertz CT molecular complexity index is 355. The second-order valence-electron chi connectivity index (χ2n) is 3.47. The van der Waals surface area contributed by atoms with Crippen LogP contribution in [-0.2, 0) is 9.53 Å². The molecule has 1 atom stereocenters. The number of hydrogen-bond acceptors (Lipinski definition) is 4. The minimum atomic E-state index is -0.471. The largest absolute Gasteiger partial charge is 0.456 e. The SMILES string of the molecule is CC(C)C(=O)OC(C)c1nccnc1Cl. The average Bonchev–Trinajstić information content (AvgIpc) is 2.18. The fourth-order valence-corrected chi connectivity index (χ4v) is 1.23. The van der Waals surface area contributed by atoms with Gasteiger partial charge in [-0.05, 0) is 6.92 Å². The maximum absolute atomic E-state index is 11.3. The third-order valence-corrected chi connectivity index (χ3v) is 2.12. The van der Waals surface area contributed by atoms with Gasteiger partial charge in [0.1, 0.15) is 11.8 Å². The molecule has 0 saturated carbocycles. The number of carbonyl (C=O) groups is 1. The first-order chi connectivity index (χ1) is 7.02. The summed E-state index contributed by atoms with van der Waals surface area (Å²) in [5.41, 5.74) is 0.480. The molecule has 0 saturated heterocycles. The second-order valence-corrected chi connectivity index (χ2v) is 3.82. The van der Waals surface area contributed by atoms with E-state index >= 15 is 0 Å². The van der Waals surface area contributed by atoms with Crippen LogP contribution in [0.4, 0.5) is 0 Å². The lowest BCUT2D eigenvalue weighted by molar-refractivity contribution is -0.152. The molecule has 0 N–H and O–H groups in total. The Kier molecular flexibility index (Phi) is 4.03. The van der Waals surface area contributed by atoms with Crippen molar-refractivity contribution in [3.8, 4) is 0 Å². The van der Waals surface area contributed by atoms with Crippen LogP contribution in [0.15, 0.2) is 12.4 Å². The van der Waals surface area contributed by atoms with E-state index in [-0.39, 0.29) is 17.0 Å². The van der Waals surface area contributed by atoms with Gasteiger partial charge in [0.05, 0.1) is 5.92 Å². The Morgan fingerprint density at radius 1 is 1.33 bits per heavy atom. The molecule has 0 spiro atoms. The Balaban J connectivity index is 2.73. The predicted molar refractivity (Wildman–Crippen MR) is 56.4 cm³/mol. The van der Waals surface area contributed by atoms with E-state index in [1.807, 2.05) is 0 Å². The molecule has 1 aromatic heterocycles. The summed E-state index contributed by atoms with van der Waals surface area (Å²) < 4.78 is 5.15. The maximum Gasteiger partial charge on any atom is 0.309 e. The molecule has 0 aromatic carbocycles. The van der Waals surface area contributed by atoms with Gasteiger partial charge < -0.3 is 4.74 Å². The van der Waals surface area contributed by atoms with Crippen molar-refractivity contribution in [1.29, 1.82) is 0 Å². The lowest BCUT2D eigenvalue weighted by Gasteiger charge is -2.14. The highest BCUT2D eigenvalue weighted by atomic mass is 35.5. The van der Waals surface area contributed by atoms with Gasteiger partial charge >= 0.3 is 5.97 Å². The van der Waals surface area contributed by atoms with E-state index in [1.54, 1.807) is 20.8 Å². The highest BCUT2D eigenvalue weighted by Crippen LogP contribution is 2.21. The van der Waals surface area contributed by atoms with E-state index in [0.717, 1.165) is 0 Å². The lowest BCUT2D eigenvalue weighted by Crippen LogP contribution is -2.15. The van der Waals surface area contributed by atoms with Crippen LogP contribution in [0.3, 0.4) is 0 Å². The van der Waals surface area contributed by atoms with Crippen LogP contribution < -0.4 is 0 Å². The Morgan fingerprint density at radius 3 is 2.47 bits per heavy atom. The summed E-state index contributed by atoms with van der Waals surface area (Å²) in [6, 6.07) is 0. The molecule has 0 radical (unpaired) electrons. The number of halogens is 1.